The molecular weight excluding hydrogens is 280 g/mol. The van der Waals surface area contributed by atoms with Crippen molar-refractivity contribution in [3.05, 3.63) is 48.0 Å². The van der Waals surface area contributed by atoms with Crippen LogP contribution in [0.2, 0.25) is 0 Å². The van der Waals surface area contributed by atoms with Crippen LogP contribution in [-0.2, 0) is 0 Å². The number of piperidine rings is 1. The molecule has 0 radical (unpaired) electrons. The Balaban J connectivity index is 2.02. The van der Waals surface area contributed by atoms with Crippen molar-refractivity contribution in [2.45, 2.75) is 25.0 Å². The number of hydrogen-bond donors (Lipinski definition) is 2. The average Bonchev–Trinajstić information content (AvgIpc) is 2.49. The summed E-state index contributed by atoms with van der Waals surface area (Å²) in [6.07, 6.45) is 1.37. The lowest BCUT2D eigenvalue weighted by Crippen LogP contribution is -2.43. The first-order valence-corrected chi connectivity index (χ1v) is 7.77. The summed E-state index contributed by atoms with van der Waals surface area (Å²) in [5.74, 6) is 0. The molecule has 1 fully saturated rings. The van der Waals surface area contributed by atoms with Crippen molar-refractivity contribution in [1.82, 2.24) is 4.90 Å². The number of likely N-dealkylation sites (tertiary alicyclic amines) is 1. The molecule has 2 aromatic carbocycles. The third-order valence-corrected chi connectivity index (χ3v) is 4.47. The Kier molecular flexibility index (Phi) is 4.19. The second kappa shape index (κ2) is 6.10. The lowest BCUT2D eigenvalue weighted by molar-refractivity contribution is 0.0741. The van der Waals surface area contributed by atoms with Gasteiger partial charge in [0.05, 0.1) is 17.1 Å². The predicted octanol–water partition coefficient (Wildman–Crippen LogP) is 2.62. The first-order chi connectivity index (χ1) is 10.2. The zero-order valence-corrected chi connectivity index (χ0v) is 12.7. The van der Waals surface area contributed by atoms with Gasteiger partial charge in [-0.25, -0.2) is 0 Å². The van der Waals surface area contributed by atoms with Gasteiger partial charge in [0.15, 0.2) is 0 Å². The molecule has 1 aliphatic heterocycles. The van der Waals surface area contributed by atoms with Gasteiger partial charge in [0, 0.05) is 13.1 Å². The van der Waals surface area contributed by atoms with E-state index in [0.717, 1.165) is 31.5 Å². The smallest absolute Gasteiger partial charge is 0.0948 e. The Hall–Kier alpha value is -1.49. The molecule has 0 aliphatic carbocycles. The maximum absolute atomic E-state index is 9.70. The molecule has 3 rings (SSSR count). The zero-order chi connectivity index (χ0) is 14.8. The predicted molar refractivity (Wildman–Crippen MR) is 90.3 cm³/mol. The Bertz CT molecular complexity index is 645. The second-order valence-corrected chi connectivity index (χ2v) is 6.11. The van der Waals surface area contributed by atoms with Crippen LogP contribution in [0.1, 0.15) is 24.4 Å². The van der Waals surface area contributed by atoms with Gasteiger partial charge in [0.1, 0.15) is 0 Å². The maximum atomic E-state index is 9.70. The minimum Gasteiger partial charge on any atom is -0.393 e. The molecule has 2 aromatic rings. The van der Waals surface area contributed by atoms with Crippen molar-refractivity contribution >= 4 is 28.0 Å². The molecule has 1 aliphatic rings. The molecule has 3 N–H and O–H groups in total. The Labute approximate surface area is 130 Å². The van der Waals surface area contributed by atoms with Crippen LogP contribution in [0.3, 0.4) is 0 Å². The van der Waals surface area contributed by atoms with E-state index in [1.165, 1.54) is 10.8 Å². The number of nitrogens with zero attached hydrogens (tertiary/aromatic N) is 1. The fraction of sp³-hybridized carbons (Fsp3) is 0.353. The molecule has 0 bridgehead atoms. The number of nitrogens with two attached hydrogens (primary N) is 1. The van der Waals surface area contributed by atoms with Crippen LogP contribution in [0.4, 0.5) is 0 Å². The number of rotatable bonds is 3. The largest absolute Gasteiger partial charge is 0.393 e. The van der Waals surface area contributed by atoms with E-state index in [4.69, 9.17) is 18.0 Å². The number of benzene rings is 2. The fourth-order valence-corrected chi connectivity index (χ4v) is 3.44. The molecule has 1 atom stereocenters. The summed E-state index contributed by atoms with van der Waals surface area (Å²) in [4.78, 5) is 2.79. The van der Waals surface area contributed by atoms with Crippen LogP contribution in [0, 0.1) is 0 Å². The monoisotopic (exact) mass is 300 g/mol. The molecule has 21 heavy (non-hydrogen) atoms. The standard InChI is InChI=1S/C17H20N2OS/c18-17(21)16(19-10-8-13(20)9-11-19)15-7-3-5-12-4-1-2-6-14(12)15/h1-7,13,16,20H,8-11H2,(H2,18,21). The molecule has 4 heteroatoms. The molecule has 1 saturated heterocycles. The Morgan fingerprint density at radius 2 is 1.81 bits per heavy atom. The summed E-state index contributed by atoms with van der Waals surface area (Å²) < 4.78 is 0. The van der Waals surface area contributed by atoms with Crippen molar-refractivity contribution in [2.75, 3.05) is 13.1 Å². The fourth-order valence-electron chi connectivity index (χ4n) is 3.16. The quantitative estimate of drug-likeness (QED) is 0.856. The van der Waals surface area contributed by atoms with Gasteiger partial charge in [-0.2, -0.15) is 0 Å². The Morgan fingerprint density at radius 1 is 1.14 bits per heavy atom. The molecular formula is C17H20N2OS. The highest BCUT2D eigenvalue weighted by molar-refractivity contribution is 7.80. The highest BCUT2D eigenvalue weighted by Gasteiger charge is 2.28. The van der Waals surface area contributed by atoms with E-state index in [0.29, 0.717) is 4.99 Å². The third-order valence-electron chi connectivity index (χ3n) is 4.25. The number of aliphatic hydroxyl groups excluding tert-OH is 1. The molecule has 1 heterocycles. The SMILES string of the molecule is NC(=S)C(c1cccc2ccccc12)N1CCC(O)CC1. The highest BCUT2D eigenvalue weighted by Crippen LogP contribution is 2.30. The van der Waals surface area contributed by atoms with Crippen molar-refractivity contribution < 1.29 is 5.11 Å². The first-order valence-electron chi connectivity index (χ1n) is 7.36. The van der Waals surface area contributed by atoms with Crippen LogP contribution in [-0.4, -0.2) is 34.2 Å². The normalized spacial score (nSPS) is 18.7. The zero-order valence-electron chi connectivity index (χ0n) is 11.9. The van der Waals surface area contributed by atoms with E-state index in [-0.39, 0.29) is 12.1 Å². The van der Waals surface area contributed by atoms with Gasteiger partial charge in [0.25, 0.3) is 0 Å². The van der Waals surface area contributed by atoms with E-state index in [1.54, 1.807) is 0 Å². The van der Waals surface area contributed by atoms with E-state index in [9.17, 15) is 5.11 Å². The van der Waals surface area contributed by atoms with E-state index in [2.05, 4.69) is 35.2 Å². The van der Waals surface area contributed by atoms with Gasteiger partial charge in [-0.3, -0.25) is 4.90 Å². The summed E-state index contributed by atoms with van der Waals surface area (Å²) >= 11 is 5.35. The van der Waals surface area contributed by atoms with Crippen LogP contribution < -0.4 is 5.73 Å². The van der Waals surface area contributed by atoms with Gasteiger partial charge in [-0.15, -0.1) is 0 Å². The number of hydrogen-bond acceptors (Lipinski definition) is 3. The Morgan fingerprint density at radius 3 is 2.52 bits per heavy atom. The molecule has 0 spiro atoms. The highest BCUT2D eigenvalue weighted by atomic mass is 32.1. The van der Waals surface area contributed by atoms with Crippen molar-refractivity contribution in [2.24, 2.45) is 5.73 Å². The molecule has 0 amide bonds. The molecule has 3 nitrogen and oxygen atoms in total. The van der Waals surface area contributed by atoms with Crippen molar-refractivity contribution in [1.29, 1.82) is 0 Å². The molecule has 110 valence electrons. The van der Waals surface area contributed by atoms with Crippen LogP contribution in [0.25, 0.3) is 10.8 Å². The third kappa shape index (κ3) is 2.93. The van der Waals surface area contributed by atoms with Gasteiger partial charge < -0.3 is 10.8 Å². The second-order valence-electron chi connectivity index (χ2n) is 5.64. The van der Waals surface area contributed by atoms with E-state index < -0.39 is 0 Å². The van der Waals surface area contributed by atoms with Crippen LogP contribution >= 0.6 is 12.2 Å². The summed E-state index contributed by atoms with van der Waals surface area (Å²) in [5, 5.41) is 12.1. The van der Waals surface area contributed by atoms with Gasteiger partial charge in [0.2, 0.25) is 0 Å². The molecule has 0 saturated carbocycles. The van der Waals surface area contributed by atoms with Gasteiger partial charge in [-0.05, 0) is 29.2 Å². The topological polar surface area (TPSA) is 49.5 Å². The van der Waals surface area contributed by atoms with Crippen LogP contribution in [0.5, 0.6) is 0 Å². The van der Waals surface area contributed by atoms with Crippen LogP contribution in [0.15, 0.2) is 42.5 Å². The number of fused-ring (bicyclic) bond motifs is 1. The van der Waals surface area contributed by atoms with Crippen molar-refractivity contribution in [3.8, 4) is 0 Å². The maximum Gasteiger partial charge on any atom is 0.0948 e. The van der Waals surface area contributed by atoms with Gasteiger partial charge in [-0.1, -0.05) is 54.7 Å². The van der Waals surface area contributed by atoms with E-state index >= 15 is 0 Å². The van der Waals surface area contributed by atoms with E-state index in [1.807, 2.05) is 12.1 Å². The number of thiocarbonyl (C=S) groups is 1. The minimum atomic E-state index is -0.194. The van der Waals surface area contributed by atoms with Gasteiger partial charge >= 0.3 is 0 Å². The lowest BCUT2D eigenvalue weighted by atomic mass is 9.95. The summed E-state index contributed by atoms with van der Waals surface area (Å²) in [7, 11) is 0. The summed E-state index contributed by atoms with van der Waals surface area (Å²) in [6, 6.07) is 14.5. The summed E-state index contributed by atoms with van der Waals surface area (Å²) in [5.41, 5.74) is 7.22. The number of aliphatic hydroxyl groups is 1. The summed E-state index contributed by atoms with van der Waals surface area (Å²) in [6.45, 7) is 1.65. The molecule has 0 aromatic heterocycles. The molecule has 1 unspecified atom stereocenters. The lowest BCUT2D eigenvalue weighted by Gasteiger charge is -2.36. The minimum absolute atomic E-state index is 0.0569. The average molecular weight is 300 g/mol. The first kappa shape index (κ1) is 14.4. The van der Waals surface area contributed by atoms with Crippen molar-refractivity contribution in [3.63, 3.8) is 0 Å².